The fraction of sp³-hybridized carbons (Fsp3) is 0.368. The van der Waals surface area contributed by atoms with Gasteiger partial charge in [0.15, 0.2) is 0 Å². The Hall–Kier alpha value is -2.44. The molecule has 0 aliphatic carbocycles. The normalized spacial score (nSPS) is 16.7. The maximum Gasteiger partial charge on any atom is 0.335 e. The van der Waals surface area contributed by atoms with Crippen LogP contribution in [0.15, 0.2) is 42.7 Å². The summed E-state index contributed by atoms with van der Waals surface area (Å²) in [6.45, 7) is 3.41. The van der Waals surface area contributed by atoms with Gasteiger partial charge in [0.25, 0.3) is 0 Å². The Kier molecular flexibility index (Phi) is 5.98. The van der Waals surface area contributed by atoms with Crippen LogP contribution in [0.25, 0.3) is 0 Å². The van der Waals surface area contributed by atoms with Gasteiger partial charge in [-0.25, -0.2) is 4.79 Å². The third-order valence-corrected chi connectivity index (χ3v) is 4.19. The molecule has 6 heteroatoms. The monoisotopic (exact) mass is 342 g/mol. The van der Waals surface area contributed by atoms with Crippen LogP contribution in [0.5, 0.6) is 5.75 Å². The van der Waals surface area contributed by atoms with E-state index in [4.69, 9.17) is 14.6 Å². The van der Waals surface area contributed by atoms with Gasteiger partial charge in [-0.05, 0) is 30.2 Å². The summed E-state index contributed by atoms with van der Waals surface area (Å²) in [5, 5.41) is 12.4. The van der Waals surface area contributed by atoms with Crippen LogP contribution in [0.2, 0.25) is 0 Å². The molecular formula is C19H22N2O4. The van der Waals surface area contributed by atoms with Crippen LogP contribution in [-0.2, 0) is 17.8 Å². The molecule has 2 aromatic rings. The van der Waals surface area contributed by atoms with Crippen LogP contribution in [0, 0.1) is 5.92 Å². The summed E-state index contributed by atoms with van der Waals surface area (Å²) in [7, 11) is 0. The summed E-state index contributed by atoms with van der Waals surface area (Å²) in [4.78, 5) is 15.2. The minimum atomic E-state index is -0.914. The summed E-state index contributed by atoms with van der Waals surface area (Å²) in [5.74, 6) is 0.309. The van der Waals surface area contributed by atoms with Crippen molar-refractivity contribution in [3.05, 3.63) is 59.4 Å². The van der Waals surface area contributed by atoms with Crippen molar-refractivity contribution in [1.29, 1.82) is 0 Å². The van der Waals surface area contributed by atoms with E-state index in [-0.39, 0.29) is 0 Å². The number of hydrogen-bond donors (Lipinski definition) is 2. The Labute approximate surface area is 146 Å². The maximum atomic E-state index is 11.0. The van der Waals surface area contributed by atoms with Gasteiger partial charge >= 0.3 is 5.97 Å². The highest BCUT2D eigenvalue weighted by Gasteiger charge is 2.17. The zero-order valence-corrected chi connectivity index (χ0v) is 14.0. The Morgan fingerprint density at radius 2 is 2.28 bits per heavy atom. The lowest BCUT2D eigenvalue weighted by Gasteiger charge is -2.14. The summed E-state index contributed by atoms with van der Waals surface area (Å²) in [6.07, 6.45) is 4.51. The zero-order chi connectivity index (χ0) is 17.5. The zero-order valence-electron chi connectivity index (χ0n) is 14.0. The number of rotatable bonds is 8. The Morgan fingerprint density at radius 1 is 1.36 bits per heavy atom. The summed E-state index contributed by atoms with van der Waals surface area (Å²) in [6, 6.07) is 8.86. The van der Waals surface area contributed by atoms with Crippen molar-refractivity contribution < 1.29 is 19.4 Å². The summed E-state index contributed by atoms with van der Waals surface area (Å²) >= 11 is 0. The van der Waals surface area contributed by atoms with E-state index in [1.165, 1.54) is 0 Å². The number of hydrogen-bond acceptors (Lipinski definition) is 5. The van der Waals surface area contributed by atoms with Crippen molar-refractivity contribution in [3.8, 4) is 5.75 Å². The molecule has 1 fully saturated rings. The minimum absolute atomic E-state index is 0.297. The quantitative estimate of drug-likeness (QED) is 0.767. The molecular weight excluding hydrogens is 320 g/mol. The van der Waals surface area contributed by atoms with Crippen molar-refractivity contribution in [1.82, 2.24) is 10.3 Å². The van der Waals surface area contributed by atoms with E-state index >= 15 is 0 Å². The van der Waals surface area contributed by atoms with Gasteiger partial charge in [0.2, 0.25) is 0 Å². The highest BCUT2D eigenvalue weighted by molar-refractivity contribution is 5.87. The van der Waals surface area contributed by atoms with E-state index in [0.717, 1.165) is 36.5 Å². The predicted molar refractivity (Wildman–Crippen MR) is 92.6 cm³/mol. The molecule has 2 heterocycles. The molecule has 1 atom stereocenters. The number of benzene rings is 1. The minimum Gasteiger partial charge on any atom is -0.491 e. The van der Waals surface area contributed by atoms with E-state index in [9.17, 15) is 4.79 Å². The highest BCUT2D eigenvalue weighted by Crippen LogP contribution is 2.20. The molecule has 1 aliphatic rings. The Morgan fingerprint density at radius 3 is 3.08 bits per heavy atom. The van der Waals surface area contributed by atoms with Crippen molar-refractivity contribution in [2.45, 2.75) is 19.5 Å². The number of pyridine rings is 1. The van der Waals surface area contributed by atoms with Crippen LogP contribution in [-0.4, -0.2) is 35.9 Å². The largest absolute Gasteiger partial charge is 0.491 e. The lowest BCUT2D eigenvalue weighted by atomic mass is 10.1. The van der Waals surface area contributed by atoms with Crippen molar-refractivity contribution >= 4 is 5.97 Å². The van der Waals surface area contributed by atoms with Gasteiger partial charge in [-0.2, -0.15) is 0 Å². The van der Waals surface area contributed by atoms with E-state index in [2.05, 4.69) is 10.3 Å². The molecule has 1 aromatic heterocycles. The molecule has 6 nitrogen and oxygen atoms in total. The molecule has 0 saturated carbocycles. The molecule has 25 heavy (non-hydrogen) atoms. The SMILES string of the molecule is O=C(O)c1cccc(CNCc2ccncc2OCC2CCOC2)c1. The van der Waals surface area contributed by atoms with Gasteiger partial charge in [0.05, 0.1) is 25.0 Å². The summed E-state index contributed by atoms with van der Waals surface area (Å²) < 4.78 is 11.3. The first-order valence-corrected chi connectivity index (χ1v) is 8.39. The van der Waals surface area contributed by atoms with E-state index < -0.39 is 5.97 Å². The second-order valence-electron chi connectivity index (χ2n) is 6.13. The number of carbonyl (C=O) groups is 1. The number of nitrogens with zero attached hydrogens (tertiary/aromatic N) is 1. The fourth-order valence-electron chi connectivity index (χ4n) is 2.76. The molecule has 0 spiro atoms. The predicted octanol–water partition coefficient (Wildman–Crippen LogP) is 2.48. The van der Waals surface area contributed by atoms with Crippen molar-refractivity contribution in [2.24, 2.45) is 5.92 Å². The molecule has 1 unspecified atom stereocenters. The molecule has 3 rings (SSSR count). The fourth-order valence-corrected chi connectivity index (χ4v) is 2.76. The second kappa shape index (κ2) is 8.60. The van der Waals surface area contributed by atoms with Gasteiger partial charge < -0.3 is 19.9 Å². The number of carboxylic acids is 1. The van der Waals surface area contributed by atoms with E-state index in [0.29, 0.717) is 31.2 Å². The first-order valence-electron chi connectivity index (χ1n) is 8.39. The molecule has 1 saturated heterocycles. The van der Waals surface area contributed by atoms with Gasteiger partial charge in [0.1, 0.15) is 5.75 Å². The van der Waals surface area contributed by atoms with Gasteiger partial charge in [0, 0.05) is 37.4 Å². The average molecular weight is 342 g/mol. The van der Waals surface area contributed by atoms with Gasteiger partial charge in [-0.1, -0.05) is 12.1 Å². The third kappa shape index (κ3) is 5.01. The average Bonchev–Trinajstić information content (AvgIpc) is 3.15. The van der Waals surface area contributed by atoms with E-state index in [1.54, 1.807) is 30.6 Å². The Balaban J connectivity index is 1.54. The van der Waals surface area contributed by atoms with Gasteiger partial charge in [-0.3, -0.25) is 4.98 Å². The van der Waals surface area contributed by atoms with Gasteiger partial charge in [-0.15, -0.1) is 0 Å². The lowest BCUT2D eigenvalue weighted by Crippen LogP contribution is -2.16. The molecule has 0 radical (unpaired) electrons. The standard InChI is InChI=1S/C19H22N2O4/c22-19(23)16-3-1-2-14(8-16)9-21-10-17-4-6-20-11-18(17)25-13-15-5-7-24-12-15/h1-4,6,8,11,15,21H,5,7,9-10,12-13H2,(H,22,23). The van der Waals surface area contributed by atoms with Crippen molar-refractivity contribution in [2.75, 3.05) is 19.8 Å². The lowest BCUT2D eigenvalue weighted by molar-refractivity contribution is 0.0696. The molecule has 0 bridgehead atoms. The maximum absolute atomic E-state index is 11.0. The number of carboxylic acid groups (broad SMARTS) is 1. The second-order valence-corrected chi connectivity index (χ2v) is 6.13. The van der Waals surface area contributed by atoms with Crippen LogP contribution in [0.4, 0.5) is 0 Å². The molecule has 1 aromatic carbocycles. The third-order valence-electron chi connectivity index (χ3n) is 4.19. The first kappa shape index (κ1) is 17.4. The van der Waals surface area contributed by atoms with Crippen LogP contribution in [0.3, 0.4) is 0 Å². The highest BCUT2D eigenvalue weighted by atomic mass is 16.5. The Bertz CT molecular complexity index is 714. The smallest absolute Gasteiger partial charge is 0.335 e. The van der Waals surface area contributed by atoms with Crippen molar-refractivity contribution in [3.63, 3.8) is 0 Å². The molecule has 0 amide bonds. The van der Waals surface area contributed by atoms with Crippen LogP contribution >= 0.6 is 0 Å². The summed E-state index contributed by atoms with van der Waals surface area (Å²) in [5.41, 5.74) is 2.26. The number of nitrogens with one attached hydrogen (secondary N) is 1. The van der Waals surface area contributed by atoms with E-state index in [1.807, 2.05) is 12.1 Å². The number of ether oxygens (including phenoxy) is 2. The molecule has 132 valence electrons. The number of aromatic nitrogens is 1. The first-order chi connectivity index (χ1) is 12.2. The topological polar surface area (TPSA) is 80.7 Å². The van der Waals surface area contributed by atoms with Crippen LogP contribution in [0.1, 0.15) is 27.9 Å². The van der Waals surface area contributed by atoms with Crippen LogP contribution < -0.4 is 10.1 Å². The molecule has 1 aliphatic heterocycles. The molecule has 2 N–H and O–H groups in total. The number of aromatic carboxylic acids is 1.